The number of hydrogen-bond donors (Lipinski definition) is 1. The van der Waals surface area contributed by atoms with Gasteiger partial charge in [0.2, 0.25) is 0 Å². The number of likely N-dealkylation sites (N-methyl/N-ethyl adjacent to an activating group) is 1. The number of anilines is 2. The number of aryl methyl sites for hydroxylation is 1. The molecule has 6 rings (SSSR count). The van der Waals surface area contributed by atoms with E-state index >= 15 is 0 Å². The van der Waals surface area contributed by atoms with Gasteiger partial charge in [0.25, 0.3) is 0 Å². The molecule has 1 aromatic carbocycles. The average molecular weight is 511 g/mol. The Balaban J connectivity index is 1.16. The van der Waals surface area contributed by atoms with E-state index in [0.29, 0.717) is 17.6 Å². The van der Waals surface area contributed by atoms with E-state index in [1.54, 1.807) is 6.20 Å². The van der Waals surface area contributed by atoms with Crippen LogP contribution in [0.4, 0.5) is 11.5 Å². The van der Waals surface area contributed by atoms with E-state index in [1.165, 1.54) is 11.3 Å². The molecule has 0 saturated carbocycles. The number of rotatable bonds is 5. The molecule has 0 amide bonds. The molecule has 3 saturated heterocycles. The van der Waals surface area contributed by atoms with Crippen molar-refractivity contribution in [3.63, 3.8) is 0 Å². The van der Waals surface area contributed by atoms with Gasteiger partial charge in [-0.25, -0.2) is 4.98 Å². The SMILES string of the molecule is CNC1(C)CN(c2ccc(CN3CCN4C(C)CN(c5ccc(C#N)c6ncccc56)CC4C3)c(C)n2)C1. The van der Waals surface area contributed by atoms with Crippen LogP contribution in [0.3, 0.4) is 0 Å². The molecular weight excluding hydrogens is 472 g/mol. The van der Waals surface area contributed by atoms with Crippen LogP contribution in [0.25, 0.3) is 10.9 Å². The lowest BCUT2D eigenvalue weighted by Crippen LogP contribution is -2.67. The van der Waals surface area contributed by atoms with Crippen molar-refractivity contribution in [2.75, 3.05) is 62.7 Å². The Bertz CT molecular complexity index is 1370. The highest BCUT2D eigenvalue weighted by atomic mass is 15.4. The molecule has 3 aliphatic rings. The predicted octanol–water partition coefficient (Wildman–Crippen LogP) is 3.00. The average Bonchev–Trinajstić information content (AvgIpc) is 2.91. The highest BCUT2D eigenvalue weighted by Crippen LogP contribution is 2.32. The Kier molecular flexibility index (Phi) is 6.47. The zero-order valence-electron chi connectivity index (χ0n) is 23.0. The van der Waals surface area contributed by atoms with Gasteiger partial charge in [0, 0.05) is 87.4 Å². The van der Waals surface area contributed by atoms with Crippen LogP contribution in [0.15, 0.2) is 42.6 Å². The molecule has 0 radical (unpaired) electrons. The predicted molar refractivity (Wildman–Crippen MR) is 153 cm³/mol. The van der Waals surface area contributed by atoms with Crippen molar-refractivity contribution in [2.45, 2.75) is 44.9 Å². The molecule has 0 aliphatic carbocycles. The number of piperazine rings is 2. The maximum absolute atomic E-state index is 9.57. The van der Waals surface area contributed by atoms with Crippen LogP contribution in [0.5, 0.6) is 0 Å². The smallest absolute Gasteiger partial charge is 0.128 e. The van der Waals surface area contributed by atoms with E-state index in [2.05, 4.69) is 81.0 Å². The largest absolute Gasteiger partial charge is 0.368 e. The van der Waals surface area contributed by atoms with Crippen molar-refractivity contribution in [3.8, 4) is 6.07 Å². The Morgan fingerprint density at radius 2 is 1.92 bits per heavy atom. The molecule has 3 aromatic rings. The molecule has 5 heterocycles. The van der Waals surface area contributed by atoms with Crippen LogP contribution in [0.1, 0.15) is 30.7 Å². The van der Waals surface area contributed by atoms with E-state index in [1.807, 2.05) is 19.2 Å². The summed E-state index contributed by atoms with van der Waals surface area (Å²) < 4.78 is 0. The lowest BCUT2D eigenvalue weighted by Gasteiger charge is -2.51. The van der Waals surface area contributed by atoms with Crippen LogP contribution < -0.4 is 15.1 Å². The van der Waals surface area contributed by atoms with Crippen molar-refractivity contribution in [3.05, 3.63) is 59.4 Å². The Hall–Kier alpha value is -3.25. The van der Waals surface area contributed by atoms with E-state index in [0.717, 1.165) is 74.8 Å². The van der Waals surface area contributed by atoms with Crippen LogP contribution >= 0.6 is 0 Å². The first-order valence-corrected chi connectivity index (χ1v) is 13.8. The number of nitriles is 1. The summed E-state index contributed by atoms with van der Waals surface area (Å²) in [5.41, 5.74) is 5.28. The van der Waals surface area contributed by atoms with E-state index in [9.17, 15) is 5.26 Å². The van der Waals surface area contributed by atoms with Gasteiger partial charge in [-0.2, -0.15) is 5.26 Å². The van der Waals surface area contributed by atoms with Crippen LogP contribution in [0.2, 0.25) is 0 Å². The van der Waals surface area contributed by atoms with Crippen molar-refractivity contribution in [2.24, 2.45) is 0 Å². The van der Waals surface area contributed by atoms with Crippen molar-refractivity contribution in [1.82, 2.24) is 25.1 Å². The molecular formula is C30H38N8. The molecule has 3 fully saturated rings. The summed E-state index contributed by atoms with van der Waals surface area (Å²) in [6.45, 7) is 14.9. The third-order valence-electron chi connectivity index (χ3n) is 8.88. The minimum atomic E-state index is 0.194. The normalized spacial score (nSPS) is 23.7. The first-order chi connectivity index (χ1) is 18.4. The number of aromatic nitrogens is 2. The van der Waals surface area contributed by atoms with Gasteiger partial charge in [-0.05, 0) is 63.7 Å². The number of hydrogen-bond acceptors (Lipinski definition) is 8. The maximum Gasteiger partial charge on any atom is 0.128 e. The summed E-state index contributed by atoms with van der Waals surface area (Å²) in [6, 6.07) is 15.8. The number of nitrogens with zero attached hydrogens (tertiary/aromatic N) is 7. The molecule has 198 valence electrons. The van der Waals surface area contributed by atoms with Crippen LogP contribution in [-0.2, 0) is 6.54 Å². The minimum absolute atomic E-state index is 0.194. The van der Waals surface area contributed by atoms with Gasteiger partial charge in [-0.15, -0.1) is 0 Å². The lowest BCUT2D eigenvalue weighted by atomic mass is 9.92. The molecule has 38 heavy (non-hydrogen) atoms. The van der Waals surface area contributed by atoms with Gasteiger partial charge < -0.3 is 15.1 Å². The third kappa shape index (κ3) is 4.49. The molecule has 0 bridgehead atoms. The van der Waals surface area contributed by atoms with E-state index < -0.39 is 0 Å². The van der Waals surface area contributed by atoms with Gasteiger partial charge >= 0.3 is 0 Å². The third-order valence-corrected chi connectivity index (χ3v) is 8.88. The molecule has 2 unspecified atom stereocenters. The highest BCUT2D eigenvalue weighted by molar-refractivity contribution is 5.95. The van der Waals surface area contributed by atoms with Gasteiger partial charge in [0.1, 0.15) is 11.9 Å². The fourth-order valence-corrected chi connectivity index (χ4v) is 6.57. The van der Waals surface area contributed by atoms with Gasteiger partial charge in [0.15, 0.2) is 0 Å². The standard InChI is InChI=1S/C30H38N8/c1-21-15-36(27-9-7-23(14-31)29-26(27)6-5-11-33-29)18-25-17-35(12-13-38(21)25)16-24-8-10-28(34-22(24)2)37-19-30(3,20-37)32-4/h5-11,21,25,32H,12-13,15-20H2,1-4H3. The zero-order chi connectivity index (χ0) is 26.4. The van der Waals surface area contributed by atoms with E-state index in [4.69, 9.17) is 4.98 Å². The number of pyridine rings is 2. The molecule has 8 heteroatoms. The summed E-state index contributed by atoms with van der Waals surface area (Å²) in [5, 5.41) is 14.0. The molecule has 2 atom stereocenters. The summed E-state index contributed by atoms with van der Waals surface area (Å²) >= 11 is 0. The van der Waals surface area contributed by atoms with Crippen molar-refractivity contribution in [1.29, 1.82) is 5.26 Å². The molecule has 1 N–H and O–H groups in total. The van der Waals surface area contributed by atoms with E-state index in [-0.39, 0.29) is 5.54 Å². The van der Waals surface area contributed by atoms with Crippen LogP contribution in [-0.4, -0.2) is 90.3 Å². The topological polar surface area (TPSA) is 74.6 Å². The summed E-state index contributed by atoms with van der Waals surface area (Å²) in [4.78, 5) is 19.7. The van der Waals surface area contributed by atoms with Gasteiger partial charge in [-0.3, -0.25) is 14.8 Å². The minimum Gasteiger partial charge on any atom is -0.368 e. The second-order valence-corrected chi connectivity index (χ2v) is 11.6. The molecule has 8 nitrogen and oxygen atoms in total. The zero-order valence-corrected chi connectivity index (χ0v) is 23.0. The second kappa shape index (κ2) is 9.81. The fourth-order valence-electron chi connectivity index (χ4n) is 6.57. The van der Waals surface area contributed by atoms with Gasteiger partial charge in [-0.1, -0.05) is 6.07 Å². The quantitative estimate of drug-likeness (QED) is 0.562. The van der Waals surface area contributed by atoms with Crippen LogP contribution in [0, 0.1) is 18.3 Å². The lowest BCUT2D eigenvalue weighted by molar-refractivity contribution is 0.0316. The number of fused-ring (bicyclic) bond motifs is 2. The molecule has 0 spiro atoms. The summed E-state index contributed by atoms with van der Waals surface area (Å²) in [7, 11) is 2.04. The Morgan fingerprint density at radius 3 is 2.68 bits per heavy atom. The Morgan fingerprint density at radius 1 is 1.08 bits per heavy atom. The first kappa shape index (κ1) is 25.1. The highest BCUT2D eigenvalue weighted by Gasteiger charge is 2.39. The number of nitrogens with one attached hydrogen (secondary N) is 1. The second-order valence-electron chi connectivity index (χ2n) is 11.6. The first-order valence-electron chi connectivity index (χ1n) is 13.8. The number of benzene rings is 1. The Labute approximate surface area is 225 Å². The molecule has 2 aromatic heterocycles. The summed E-state index contributed by atoms with van der Waals surface area (Å²) in [6.07, 6.45) is 1.78. The maximum atomic E-state index is 9.57. The van der Waals surface area contributed by atoms with Crippen molar-refractivity contribution >= 4 is 22.4 Å². The summed E-state index contributed by atoms with van der Waals surface area (Å²) in [5.74, 6) is 1.09. The monoisotopic (exact) mass is 510 g/mol. The molecule has 3 aliphatic heterocycles. The fraction of sp³-hybridized carbons (Fsp3) is 0.500. The van der Waals surface area contributed by atoms with Gasteiger partial charge in [0.05, 0.1) is 16.6 Å². The van der Waals surface area contributed by atoms with Crippen molar-refractivity contribution < 1.29 is 0 Å².